The average Bonchev–Trinajstić information content (AvgIpc) is 2.26. The zero-order chi connectivity index (χ0) is 11.3. The van der Waals surface area contributed by atoms with Crippen LogP contribution in [0, 0.1) is 0 Å². The molecule has 3 unspecified atom stereocenters. The lowest BCUT2D eigenvalue weighted by molar-refractivity contribution is -0.123. The van der Waals surface area contributed by atoms with E-state index in [0.29, 0.717) is 13.1 Å². The lowest BCUT2D eigenvalue weighted by Gasteiger charge is -2.24. The van der Waals surface area contributed by atoms with Crippen LogP contribution < -0.4 is 16.0 Å². The van der Waals surface area contributed by atoms with E-state index in [0.717, 1.165) is 13.1 Å². The predicted molar refractivity (Wildman–Crippen MR) is 61.2 cm³/mol. The number of nitrogens with one attached hydrogen (secondary N) is 3. The van der Waals surface area contributed by atoms with Gasteiger partial charge in [-0.15, -0.1) is 0 Å². The average molecular weight is 233 g/mol. The van der Waals surface area contributed by atoms with Gasteiger partial charge in [0.15, 0.2) is 0 Å². The maximum atomic E-state index is 11.6. The lowest BCUT2D eigenvalue weighted by atomic mass is 10.2. The minimum Gasteiger partial charge on any atom is -0.354 e. The van der Waals surface area contributed by atoms with Crippen LogP contribution in [-0.2, 0) is 15.6 Å². The summed E-state index contributed by atoms with van der Waals surface area (Å²) in [5, 5.41) is 9.07. The van der Waals surface area contributed by atoms with Crippen molar-refractivity contribution in [2.24, 2.45) is 0 Å². The molecule has 1 saturated heterocycles. The second-order valence-corrected chi connectivity index (χ2v) is 5.57. The van der Waals surface area contributed by atoms with E-state index in [1.165, 1.54) is 0 Å². The predicted octanol–water partition coefficient (Wildman–Crippen LogP) is -1.57. The molecule has 1 fully saturated rings. The number of hydrogen-bond acceptors (Lipinski definition) is 4. The first-order chi connectivity index (χ1) is 7.11. The monoisotopic (exact) mass is 233 g/mol. The molecular weight excluding hydrogens is 214 g/mol. The van der Waals surface area contributed by atoms with Crippen LogP contribution in [0.5, 0.6) is 0 Å². The summed E-state index contributed by atoms with van der Waals surface area (Å²) in [5.41, 5.74) is 0. The topological polar surface area (TPSA) is 70.2 Å². The maximum absolute atomic E-state index is 11.6. The molecule has 1 amide bonds. The Morgan fingerprint density at radius 1 is 1.60 bits per heavy atom. The number of piperazine rings is 1. The Morgan fingerprint density at radius 2 is 2.33 bits per heavy atom. The molecule has 1 aliphatic rings. The minimum atomic E-state index is -0.882. The molecule has 3 atom stereocenters. The number of amides is 1. The molecule has 1 aliphatic heterocycles. The fourth-order valence-corrected chi connectivity index (χ4v) is 1.64. The van der Waals surface area contributed by atoms with Gasteiger partial charge in [0.25, 0.3) is 0 Å². The Labute approximate surface area is 92.8 Å². The number of carbonyl (C=O) groups is 1. The van der Waals surface area contributed by atoms with Crippen molar-refractivity contribution in [3.8, 4) is 0 Å². The quantitative estimate of drug-likeness (QED) is 0.549. The molecule has 0 saturated carbocycles. The molecular formula is C9H19N3O2S. The highest BCUT2D eigenvalue weighted by atomic mass is 32.2. The highest BCUT2D eigenvalue weighted by molar-refractivity contribution is 7.84. The van der Waals surface area contributed by atoms with Crippen LogP contribution in [0.15, 0.2) is 0 Å². The Bertz CT molecular complexity index is 242. The van der Waals surface area contributed by atoms with Crippen molar-refractivity contribution in [2.75, 3.05) is 32.4 Å². The van der Waals surface area contributed by atoms with Crippen LogP contribution in [0.4, 0.5) is 0 Å². The van der Waals surface area contributed by atoms with Crippen molar-refractivity contribution in [3.63, 3.8) is 0 Å². The summed E-state index contributed by atoms with van der Waals surface area (Å²) in [6, 6.07) is -0.156. The van der Waals surface area contributed by atoms with E-state index in [4.69, 9.17) is 0 Å². The summed E-state index contributed by atoms with van der Waals surface area (Å²) < 4.78 is 11.1. The Kier molecular flexibility index (Phi) is 5.21. The van der Waals surface area contributed by atoms with E-state index in [9.17, 15) is 9.00 Å². The third-order valence-corrected chi connectivity index (χ3v) is 3.79. The first-order valence-corrected chi connectivity index (χ1v) is 6.77. The van der Waals surface area contributed by atoms with Crippen LogP contribution in [0.1, 0.15) is 6.92 Å². The summed E-state index contributed by atoms with van der Waals surface area (Å²) >= 11 is 0. The number of rotatable bonds is 4. The fraction of sp³-hybridized carbons (Fsp3) is 0.889. The first-order valence-electron chi connectivity index (χ1n) is 5.15. The van der Waals surface area contributed by atoms with Crippen molar-refractivity contribution in [2.45, 2.75) is 18.2 Å². The van der Waals surface area contributed by atoms with Crippen LogP contribution in [0.3, 0.4) is 0 Å². The largest absolute Gasteiger partial charge is 0.354 e. The van der Waals surface area contributed by atoms with Crippen LogP contribution >= 0.6 is 0 Å². The van der Waals surface area contributed by atoms with Crippen LogP contribution in [0.25, 0.3) is 0 Å². The Balaban J connectivity index is 2.25. The minimum absolute atomic E-state index is 0.00509. The van der Waals surface area contributed by atoms with Gasteiger partial charge in [0.05, 0.1) is 6.04 Å². The van der Waals surface area contributed by atoms with Crippen LogP contribution in [-0.4, -0.2) is 53.8 Å². The van der Waals surface area contributed by atoms with Gasteiger partial charge in [-0.3, -0.25) is 9.00 Å². The summed E-state index contributed by atoms with van der Waals surface area (Å²) in [6.45, 7) is 4.71. The molecule has 15 heavy (non-hydrogen) atoms. The van der Waals surface area contributed by atoms with E-state index in [1.807, 2.05) is 6.92 Å². The summed E-state index contributed by atoms with van der Waals surface area (Å²) in [7, 11) is -0.882. The van der Waals surface area contributed by atoms with Gasteiger partial charge in [-0.1, -0.05) is 0 Å². The SMILES string of the molecule is CC(CNC(=O)C1CNCCN1)S(C)=O. The smallest absolute Gasteiger partial charge is 0.238 e. The molecule has 88 valence electrons. The second kappa shape index (κ2) is 6.19. The van der Waals surface area contributed by atoms with Crippen LogP contribution in [0.2, 0.25) is 0 Å². The van der Waals surface area contributed by atoms with E-state index >= 15 is 0 Å². The van der Waals surface area contributed by atoms with Crippen molar-refractivity contribution in [3.05, 3.63) is 0 Å². The molecule has 0 aliphatic carbocycles. The molecule has 0 aromatic carbocycles. The molecule has 0 spiro atoms. The normalized spacial score (nSPS) is 25.6. The van der Waals surface area contributed by atoms with E-state index in [1.54, 1.807) is 6.26 Å². The molecule has 1 heterocycles. The highest BCUT2D eigenvalue weighted by Crippen LogP contribution is 1.92. The van der Waals surface area contributed by atoms with Crippen molar-refractivity contribution in [1.29, 1.82) is 0 Å². The Hall–Kier alpha value is -0.460. The van der Waals surface area contributed by atoms with Gasteiger partial charge in [-0.05, 0) is 6.92 Å². The third-order valence-electron chi connectivity index (χ3n) is 2.49. The summed E-state index contributed by atoms with van der Waals surface area (Å²) in [5.74, 6) is -0.0144. The number of carbonyl (C=O) groups excluding carboxylic acids is 1. The van der Waals surface area contributed by atoms with Gasteiger partial charge >= 0.3 is 0 Å². The first kappa shape index (κ1) is 12.6. The molecule has 1 rings (SSSR count). The lowest BCUT2D eigenvalue weighted by Crippen LogP contribution is -2.56. The second-order valence-electron chi connectivity index (χ2n) is 3.77. The van der Waals surface area contributed by atoms with Gasteiger partial charge in [0, 0.05) is 48.5 Å². The van der Waals surface area contributed by atoms with Gasteiger partial charge in [-0.2, -0.15) is 0 Å². The highest BCUT2D eigenvalue weighted by Gasteiger charge is 2.20. The van der Waals surface area contributed by atoms with E-state index < -0.39 is 10.8 Å². The van der Waals surface area contributed by atoms with Gasteiger partial charge in [0.1, 0.15) is 0 Å². The van der Waals surface area contributed by atoms with Gasteiger partial charge in [0.2, 0.25) is 5.91 Å². The molecule has 6 heteroatoms. The standard InChI is InChI=1S/C9H19N3O2S/c1-7(15(2)14)5-12-9(13)8-6-10-3-4-11-8/h7-8,10-11H,3-6H2,1-2H3,(H,12,13). The number of hydrogen-bond donors (Lipinski definition) is 3. The molecule has 3 N–H and O–H groups in total. The maximum Gasteiger partial charge on any atom is 0.238 e. The zero-order valence-corrected chi connectivity index (χ0v) is 10.0. The van der Waals surface area contributed by atoms with E-state index in [-0.39, 0.29) is 17.2 Å². The van der Waals surface area contributed by atoms with Crippen molar-refractivity contribution < 1.29 is 9.00 Å². The molecule has 0 radical (unpaired) electrons. The third kappa shape index (κ3) is 4.27. The van der Waals surface area contributed by atoms with Crippen molar-refractivity contribution in [1.82, 2.24) is 16.0 Å². The molecule has 0 aromatic heterocycles. The molecule has 5 nitrogen and oxygen atoms in total. The van der Waals surface area contributed by atoms with Gasteiger partial charge < -0.3 is 16.0 Å². The van der Waals surface area contributed by atoms with E-state index in [2.05, 4.69) is 16.0 Å². The summed E-state index contributed by atoms with van der Waals surface area (Å²) in [4.78, 5) is 11.6. The summed E-state index contributed by atoms with van der Waals surface area (Å²) in [6.07, 6.45) is 1.65. The Morgan fingerprint density at radius 3 is 2.87 bits per heavy atom. The zero-order valence-electron chi connectivity index (χ0n) is 9.21. The van der Waals surface area contributed by atoms with Gasteiger partial charge in [-0.25, -0.2) is 0 Å². The molecule has 0 bridgehead atoms. The van der Waals surface area contributed by atoms with Crippen molar-refractivity contribution >= 4 is 16.7 Å². The molecule has 0 aromatic rings. The fourth-order valence-electron chi connectivity index (χ4n) is 1.32.